The van der Waals surface area contributed by atoms with Crippen LogP contribution in [-0.4, -0.2) is 53.4 Å². The molecule has 0 saturated heterocycles. The maximum atomic E-state index is 11.9. The van der Waals surface area contributed by atoms with Crippen molar-refractivity contribution in [3.63, 3.8) is 0 Å². The molecule has 0 unspecified atom stereocenters. The predicted molar refractivity (Wildman–Crippen MR) is 70.8 cm³/mol. The van der Waals surface area contributed by atoms with E-state index in [1.807, 2.05) is 0 Å². The molecule has 0 aromatic carbocycles. The van der Waals surface area contributed by atoms with Gasteiger partial charge in [-0.05, 0) is 18.3 Å². The lowest BCUT2D eigenvalue weighted by atomic mass is 9.66. The molecule has 0 aromatic rings. The Balaban J connectivity index is 2.46. The fraction of sp³-hybridized carbons (Fsp3) is 0.692. The number of amides is 2. The highest BCUT2D eigenvalue weighted by molar-refractivity contribution is 5.74. The number of carbonyl (C=O) groups is 2. The zero-order valence-electron chi connectivity index (χ0n) is 11.1. The smallest absolute Gasteiger partial charge is 0.317 e. The molecule has 0 radical (unpaired) electrons. The van der Waals surface area contributed by atoms with E-state index in [-0.39, 0.29) is 31.0 Å². The third kappa shape index (κ3) is 4.55. The van der Waals surface area contributed by atoms with Crippen molar-refractivity contribution in [2.75, 3.05) is 26.2 Å². The molecule has 3 N–H and O–H groups in total. The minimum Gasteiger partial charge on any atom is -0.481 e. The maximum absolute atomic E-state index is 11.9. The van der Waals surface area contributed by atoms with Gasteiger partial charge in [0, 0.05) is 19.6 Å². The molecule has 19 heavy (non-hydrogen) atoms. The van der Waals surface area contributed by atoms with Gasteiger partial charge in [0.1, 0.15) is 0 Å². The number of rotatable bonds is 8. The fourth-order valence-electron chi connectivity index (χ4n) is 2.34. The zero-order chi connectivity index (χ0) is 14.3. The minimum atomic E-state index is -0.827. The van der Waals surface area contributed by atoms with Crippen molar-refractivity contribution in [3.05, 3.63) is 12.7 Å². The van der Waals surface area contributed by atoms with Crippen LogP contribution in [0.5, 0.6) is 0 Å². The summed E-state index contributed by atoms with van der Waals surface area (Å²) in [7, 11) is 0. The molecule has 108 valence electrons. The van der Waals surface area contributed by atoms with E-state index in [0.717, 1.165) is 19.3 Å². The van der Waals surface area contributed by atoms with Crippen LogP contribution in [-0.2, 0) is 4.79 Å². The number of aliphatic hydroxyl groups is 1. The van der Waals surface area contributed by atoms with Gasteiger partial charge in [0.25, 0.3) is 0 Å². The van der Waals surface area contributed by atoms with Crippen LogP contribution >= 0.6 is 0 Å². The highest BCUT2D eigenvalue weighted by Crippen LogP contribution is 2.43. The Kier molecular flexibility index (Phi) is 5.82. The first-order chi connectivity index (χ1) is 9.03. The molecule has 1 saturated carbocycles. The number of aliphatic hydroxyl groups excluding tert-OH is 1. The van der Waals surface area contributed by atoms with Crippen LogP contribution in [0.2, 0.25) is 0 Å². The Bertz CT molecular complexity index is 340. The monoisotopic (exact) mass is 270 g/mol. The van der Waals surface area contributed by atoms with Crippen LogP contribution in [0.25, 0.3) is 0 Å². The minimum absolute atomic E-state index is 0.0920. The van der Waals surface area contributed by atoms with Crippen LogP contribution in [0.15, 0.2) is 12.7 Å². The lowest BCUT2D eigenvalue weighted by molar-refractivity contribution is -0.141. The number of hydrogen-bond acceptors (Lipinski definition) is 3. The number of carbonyl (C=O) groups excluding carboxylic acids is 1. The van der Waals surface area contributed by atoms with Crippen molar-refractivity contribution in [1.29, 1.82) is 0 Å². The van der Waals surface area contributed by atoms with E-state index in [1.165, 1.54) is 4.90 Å². The first kappa shape index (κ1) is 15.5. The summed E-state index contributed by atoms with van der Waals surface area (Å²) < 4.78 is 0. The normalized spacial score (nSPS) is 16.3. The molecule has 0 aliphatic heterocycles. The molecule has 1 fully saturated rings. The highest BCUT2D eigenvalue weighted by atomic mass is 16.4. The largest absolute Gasteiger partial charge is 0.481 e. The van der Waals surface area contributed by atoms with Crippen molar-refractivity contribution in [2.24, 2.45) is 5.41 Å². The van der Waals surface area contributed by atoms with Gasteiger partial charge in [-0.15, -0.1) is 6.58 Å². The number of aliphatic carboxylic acids is 1. The van der Waals surface area contributed by atoms with Gasteiger partial charge in [-0.1, -0.05) is 12.5 Å². The molecule has 0 spiro atoms. The third-order valence-electron chi connectivity index (χ3n) is 3.56. The van der Waals surface area contributed by atoms with Crippen LogP contribution in [0.3, 0.4) is 0 Å². The molecule has 0 heterocycles. The highest BCUT2D eigenvalue weighted by Gasteiger charge is 2.39. The van der Waals surface area contributed by atoms with Gasteiger partial charge in [0.2, 0.25) is 0 Å². The van der Waals surface area contributed by atoms with E-state index < -0.39 is 5.97 Å². The Morgan fingerprint density at radius 2 is 2.11 bits per heavy atom. The van der Waals surface area contributed by atoms with Crippen molar-refractivity contribution in [3.8, 4) is 0 Å². The van der Waals surface area contributed by atoms with Gasteiger partial charge in [-0.2, -0.15) is 0 Å². The Morgan fingerprint density at radius 1 is 1.42 bits per heavy atom. The zero-order valence-corrected chi connectivity index (χ0v) is 11.1. The standard InChI is InChI=1S/C13H22N2O4/c1-2-6-15(7-8-16)12(19)14-10-13(4-3-5-13)9-11(17)18/h2,16H,1,3-10H2,(H,14,19)(H,17,18). The summed E-state index contributed by atoms with van der Waals surface area (Å²) in [5.41, 5.74) is -0.291. The van der Waals surface area contributed by atoms with Crippen molar-refractivity contribution in [2.45, 2.75) is 25.7 Å². The molecule has 6 nitrogen and oxygen atoms in total. The second-order valence-corrected chi connectivity index (χ2v) is 5.04. The number of nitrogens with zero attached hydrogens (tertiary/aromatic N) is 1. The number of hydrogen-bond donors (Lipinski definition) is 3. The summed E-state index contributed by atoms with van der Waals surface area (Å²) in [6.45, 7) is 4.42. The topological polar surface area (TPSA) is 89.9 Å². The van der Waals surface area contributed by atoms with Crippen LogP contribution < -0.4 is 5.32 Å². The molecule has 6 heteroatoms. The van der Waals surface area contributed by atoms with Crippen molar-refractivity contribution >= 4 is 12.0 Å². The first-order valence-corrected chi connectivity index (χ1v) is 6.49. The molecular formula is C13H22N2O4. The third-order valence-corrected chi connectivity index (χ3v) is 3.56. The van der Waals surface area contributed by atoms with Crippen LogP contribution in [0.1, 0.15) is 25.7 Å². The SMILES string of the molecule is C=CCN(CCO)C(=O)NCC1(CC(=O)O)CCC1. The van der Waals surface area contributed by atoms with Crippen molar-refractivity contribution < 1.29 is 19.8 Å². The molecule has 1 rings (SSSR count). The molecule has 1 aliphatic carbocycles. The van der Waals surface area contributed by atoms with Crippen LogP contribution in [0, 0.1) is 5.41 Å². The number of nitrogens with one attached hydrogen (secondary N) is 1. The molecule has 0 bridgehead atoms. The Morgan fingerprint density at radius 3 is 2.53 bits per heavy atom. The fourth-order valence-corrected chi connectivity index (χ4v) is 2.34. The van der Waals surface area contributed by atoms with E-state index in [9.17, 15) is 9.59 Å². The van der Waals surface area contributed by atoms with E-state index >= 15 is 0 Å². The maximum Gasteiger partial charge on any atom is 0.317 e. The summed E-state index contributed by atoms with van der Waals surface area (Å²) in [5.74, 6) is -0.827. The Hall–Kier alpha value is -1.56. The van der Waals surface area contributed by atoms with Gasteiger partial charge in [-0.3, -0.25) is 4.79 Å². The second kappa shape index (κ2) is 7.13. The Labute approximate surface area is 113 Å². The van der Waals surface area contributed by atoms with E-state index in [1.54, 1.807) is 6.08 Å². The van der Waals surface area contributed by atoms with Gasteiger partial charge in [0.15, 0.2) is 0 Å². The summed E-state index contributed by atoms with van der Waals surface area (Å²) in [4.78, 5) is 24.2. The molecular weight excluding hydrogens is 248 g/mol. The van der Waals surface area contributed by atoms with Crippen LogP contribution in [0.4, 0.5) is 4.79 Å². The van der Waals surface area contributed by atoms with Gasteiger partial charge < -0.3 is 20.4 Å². The molecule has 1 aliphatic rings. The van der Waals surface area contributed by atoms with E-state index in [4.69, 9.17) is 10.2 Å². The van der Waals surface area contributed by atoms with Crippen molar-refractivity contribution in [1.82, 2.24) is 10.2 Å². The number of urea groups is 1. The van der Waals surface area contributed by atoms with E-state index in [2.05, 4.69) is 11.9 Å². The molecule has 2 amide bonds. The number of carboxylic acids is 1. The number of carboxylic acid groups (broad SMARTS) is 1. The van der Waals surface area contributed by atoms with Gasteiger partial charge in [-0.25, -0.2) is 4.79 Å². The summed E-state index contributed by atoms with van der Waals surface area (Å²) in [6, 6.07) is -0.286. The van der Waals surface area contributed by atoms with Gasteiger partial charge >= 0.3 is 12.0 Å². The quantitative estimate of drug-likeness (QED) is 0.570. The first-order valence-electron chi connectivity index (χ1n) is 6.49. The second-order valence-electron chi connectivity index (χ2n) is 5.04. The predicted octanol–water partition coefficient (Wildman–Crippen LogP) is 0.821. The average Bonchev–Trinajstić information content (AvgIpc) is 2.31. The molecule has 0 aromatic heterocycles. The summed E-state index contributed by atoms with van der Waals surface area (Å²) in [5, 5.41) is 20.5. The summed E-state index contributed by atoms with van der Waals surface area (Å²) >= 11 is 0. The van der Waals surface area contributed by atoms with Gasteiger partial charge in [0.05, 0.1) is 13.0 Å². The lowest BCUT2D eigenvalue weighted by Crippen LogP contribution is -2.48. The van der Waals surface area contributed by atoms with E-state index in [0.29, 0.717) is 13.1 Å². The lowest BCUT2D eigenvalue weighted by Gasteiger charge is -2.41. The summed E-state index contributed by atoms with van der Waals surface area (Å²) in [6.07, 6.45) is 4.36. The molecule has 0 atom stereocenters. The average molecular weight is 270 g/mol.